The molecule has 4 heteroatoms. The van der Waals surface area contributed by atoms with Crippen LogP contribution in [0.4, 0.5) is 0 Å². The van der Waals surface area contributed by atoms with Crippen LogP contribution in [0.15, 0.2) is 59.5 Å². The van der Waals surface area contributed by atoms with Crippen LogP contribution in [0.1, 0.15) is 11.1 Å². The largest absolute Gasteiger partial charge is 0.268 e. The lowest BCUT2D eigenvalue weighted by Crippen LogP contribution is -2.11. The van der Waals surface area contributed by atoms with Crippen LogP contribution in [-0.2, 0) is 9.68 Å². The molecule has 0 atom stereocenters. The maximum Gasteiger partial charge on any atom is 0.0611 e. The minimum absolute atomic E-state index is 1.06. The summed E-state index contributed by atoms with van der Waals surface area (Å²) in [7, 11) is 3.14. The van der Waals surface area contributed by atoms with Gasteiger partial charge in [0.25, 0.3) is 0 Å². The van der Waals surface area contributed by atoms with Gasteiger partial charge in [-0.15, -0.1) is 0 Å². The number of hydrogen-bond acceptors (Lipinski definition) is 4. The molecule has 2 aromatic rings. The van der Waals surface area contributed by atoms with Crippen LogP contribution in [-0.4, -0.2) is 18.9 Å². The Balaban J connectivity index is 2.17. The predicted octanol–water partition coefficient (Wildman–Crippen LogP) is 4.29. The highest BCUT2D eigenvalue weighted by atomic mass is 32.2. The zero-order chi connectivity index (χ0) is 14.2. The lowest BCUT2D eigenvalue weighted by molar-refractivity contribution is -0.262. The topological polar surface area (TPSA) is 21.7 Å². The van der Waals surface area contributed by atoms with Crippen molar-refractivity contribution in [3.63, 3.8) is 0 Å². The van der Waals surface area contributed by atoms with Crippen molar-refractivity contribution in [1.29, 1.82) is 0 Å². The molecule has 0 radical (unpaired) electrons. The van der Waals surface area contributed by atoms with Crippen molar-refractivity contribution in [3.05, 3.63) is 65.7 Å². The van der Waals surface area contributed by atoms with Crippen LogP contribution < -0.4 is 0 Å². The van der Waals surface area contributed by atoms with Gasteiger partial charge in [0.2, 0.25) is 0 Å². The molecular weight excluding hydrogens is 270 g/mol. The average molecular weight is 287 g/mol. The molecule has 20 heavy (non-hydrogen) atoms. The van der Waals surface area contributed by atoms with E-state index in [4.69, 9.17) is 9.68 Å². The molecular formula is C16H17NO2S. The van der Waals surface area contributed by atoms with Crippen LogP contribution in [0.2, 0.25) is 0 Å². The van der Waals surface area contributed by atoms with Crippen LogP contribution in [0, 0.1) is 0 Å². The first-order valence-corrected chi connectivity index (χ1v) is 6.99. The highest BCUT2D eigenvalue weighted by Crippen LogP contribution is 2.27. The highest BCUT2D eigenvalue weighted by Gasteiger charge is 2.07. The van der Waals surface area contributed by atoms with E-state index in [1.54, 1.807) is 14.2 Å². The van der Waals surface area contributed by atoms with E-state index in [-0.39, 0.29) is 0 Å². The number of rotatable bonds is 6. The van der Waals surface area contributed by atoms with Crippen LogP contribution in [0.3, 0.4) is 0 Å². The van der Waals surface area contributed by atoms with E-state index in [0.29, 0.717) is 0 Å². The van der Waals surface area contributed by atoms with Crippen molar-refractivity contribution < 1.29 is 9.68 Å². The molecule has 0 aliphatic carbocycles. The van der Waals surface area contributed by atoms with Crippen molar-refractivity contribution in [3.8, 4) is 0 Å². The summed E-state index contributed by atoms with van der Waals surface area (Å²) in [5.74, 6) is 0. The van der Waals surface area contributed by atoms with E-state index in [0.717, 1.165) is 10.5 Å². The maximum absolute atomic E-state index is 5.07. The van der Waals surface area contributed by atoms with Gasteiger partial charge in [-0.25, -0.2) is 0 Å². The first-order chi connectivity index (χ1) is 9.83. The number of nitrogens with zero attached hydrogens (tertiary/aromatic N) is 1. The first-order valence-electron chi connectivity index (χ1n) is 6.22. The van der Waals surface area contributed by atoms with Gasteiger partial charge in [-0.3, -0.25) is 9.68 Å². The second-order valence-electron chi connectivity index (χ2n) is 3.96. The Hall–Kier alpha value is -1.59. The van der Waals surface area contributed by atoms with Gasteiger partial charge in [-0.05, 0) is 17.2 Å². The van der Waals surface area contributed by atoms with E-state index in [9.17, 15) is 0 Å². The molecule has 2 aromatic carbocycles. The third-order valence-electron chi connectivity index (χ3n) is 2.64. The molecule has 0 fully saturated rings. The third kappa shape index (κ3) is 4.21. The summed E-state index contributed by atoms with van der Waals surface area (Å²) in [5.41, 5.74) is 2.28. The summed E-state index contributed by atoms with van der Waals surface area (Å²) in [4.78, 5) is 11.2. The molecule has 0 amide bonds. The lowest BCUT2D eigenvalue weighted by Gasteiger charge is -2.15. The molecule has 104 valence electrons. The van der Waals surface area contributed by atoms with Gasteiger partial charge in [-0.1, -0.05) is 60.7 Å². The Kier molecular flexibility index (Phi) is 5.83. The second-order valence-corrected chi connectivity index (χ2v) is 4.88. The lowest BCUT2D eigenvalue weighted by atomic mass is 10.1. The van der Waals surface area contributed by atoms with Crippen molar-refractivity contribution in [1.82, 2.24) is 4.63 Å². The monoisotopic (exact) mass is 287 g/mol. The number of benzene rings is 2. The Morgan fingerprint density at radius 1 is 0.850 bits per heavy atom. The van der Waals surface area contributed by atoms with Gasteiger partial charge < -0.3 is 0 Å². The van der Waals surface area contributed by atoms with E-state index >= 15 is 0 Å². The SMILES string of the molecule is CON(OC)Sc1ccccc1C=Cc1ccccc1. The van der Waals surface area contributed by atoms with Gasteiger partial charge in [0.1, 0.15) is 0 Å². The van der Waals surface area contributed by atoms with Crippen molar-refractivity contribution in [2.75, 3.05) is 14.2 Å². The minimum atomic E-state index is 1.06. The molecule has 2 rings (SSSR count). The summed E-state index contributed by atoms with van der Waals surface area (Å²) in [6.07, 6.45) is 4.17. The molecule has 3 nitrogen and oxygen atoms in total. The molecule has 0 saturated carbocycles. The van der Waals surface area contributed by atoms with Crippen LogP contribution in [0.25, 0.3) is 12.2 Å². The summed E-state index contributed by atoms with van der Waals surface area (Å²) in [6, 6.07) is 18.3. The van der Waals surface area contributed by atoms with Gasteiger partial charge in [-0.2, -0.15) is 0 Å². The molecule has 0 heterocycles. The number of hydrogen-bond donors (Lipinski definition) is 0. The standard InChI is InChI=1S/C16H17NO2S/c1-18-17(19-2)20-16-11-7-6-10-15(16)13-12-14-8-4-3-5-9-14/h3-13H,1-2H3. The van der Waals surface area contributed by atoms with Crippen LogP contribution in [0.5, 0.6) is 0 Å². The van der Waals surface area contributed by atoms with Gasteiger partial charge in [0.15, 0.2) is 0 Å². The summed E-state index contributed by atoms with van der Waals surface area (Å²) >= 11 is 1.39. The first kappa shape index (κ1) is 14.8. The minimum Gasteiger partial charge on any atom is -0.268 e. The van der Waals surface area contributed by atoms with E-state index in [1.165, 1.54) is 22.1 Å². The molecule has 0 N–H and O–H groups in total. The zero-order valence-electron chi connectivity index (χ0n) is 11.5. The molecule has 0 bridgehead atoms. The van der Waals surface area contributed by atoms with Crippen molar-refractivity contribution in [2.24, 2.45) is 0 Å². The van der Waals surface area contributed by atoms with Crippen molar-refractivity contribution in [2.45, 2.75) is 4.90 Å². The Bertz CT molecular complexity index is 553. The van der Waals surface area contributed by atoms with E-state index in [1.807, 2.05) is 36.4 Å². The smallest absolute Gasteiger partial charge is 0.0611 e. The molecule has 0 spiro atoms. The normalized spacial score (nSPS) is 11.3. The maximum atomic E-state index is 5.07. The van der Waals surface area contributed by atoms with Gasteiger partial charge >= 0.3 is 0 Å². The van der Waals surface area contributed by atoms with Crippen molar-refractivity contribution >= 4 is 24.1 Å². The second kappa shape index (κ2) is 7.87. The fourth-order valence-corrected chi connectivity index (χ4v) is 2.37. The molecule has 0 unspecified atom stereocenters. The molecule has 0 aliphatic rings. The zero-order valence-corrected chi connectivity index (χ0v) is 12.3. The van der Waals surface area contributed by atoms with E-state index < -0.39 is 0 Å². The quantitative estimate of drug-likeness (QED) is 0.449. The average Bonchev–Trinajstić information content (AvgIpc) is 2.52. The van der Waals surface area contributed by atoms with Gasteiger partial charge in [0.05, 0.1) is 14.2 Å². The molecule has 0 saturated heterocycles. The summed E-state index contributed by atoms with van der Waals surface area (Å²) in [6.45, 7) is 0. The van der Waals surface area contributed by atoms with Crippen LogP contribution >= 0.6 is 11.9 Å². The Labute approximate surface area is 123 Å². The summed E-state index contributed by atoms with van der Waals surface area (Å²) in [5, 5.41) is 0. The van der Waals surface area contributed by atoms with E-state index in [2.05, 4.69) is 30.4 Å². The molecule has 0 aliphatic heterocycles. The molecule has 0 aromatic heterocycles. The Morgan fingerprint density at radius 2 is 1.50 bits per heavy atom. The fraction of sp³-hybridized carbons (Fsp3) is 0.125. The summed E-state index contributed by atoms with van der Waals surface area (Å²) < 4.78 is 1.36. The Morgan fingerprint density at radius 3 is 2.20 bits per heavy atom. The predicted molar refractivity (Wildman–Crippen MR) is 83.5 cm³/mol. The third-order valence-corrected chi connectivity index (χ3v) is 3.66. The van der Waals surface area contributed by atoms with Gasteiger partial charge in [0, 0.05) is 21.5 Å². The fourth-order valence-electron chi connectivity index (χ4n) is 1.68. The highest BCUT2D eigenvalue weighted by molar-refractivity contribution is 7.96.